The highest BCUT2D eigenvalue weighted by atomic mass is 35.5. The molecule has 1 unspecified atom stereocenters. The molecular weight excluding hydrogens is 320 g/mol. The van der Waals surface area contributed by atoms with Crippen LogP contribution in [0.25, 0.3) is 0 Å². The number of hydrogen-bond acceptors (Lipinski definition) is 4. The van der Waals surface area contributed by atoms with Crippen LogP contribution < -0.4 is 10.6 Å². The number of halogens is 1. The van der Waals surface area contributed by atoms with Gasteiger partial charge in [-0.3, -0.25) is 9.59 Å². The molecule has 0 bridgehead atoms. The second-order valence-corrected chi connectivity index (χ2v) is 5.30. The first kappa shape index (κ1) is 17.1. The highest BCUT2D eigenvalue weighted by molar-refractivity contribution is 6.40. The van der Waals surface area contributed by atoms with Crippen LogP contribution >= 0.6 is 11.6 Å². The topological polar surface area (TPSA) is 80.6 Å². The normalized spacial score (nSPS) is 11.8. The lowest BCUT2D eigenvalue weighted by atomic mass is 10.2. The molecule has 2 amide bonds. The first-order chi connectivity index (χ1) is 11.0. The molecule has 7 heteroatoms. The van der Waals surface area contributed by atoms with E-state index in [4.69, 9.17) is 20.8 Å². The van der Waals surface area contributed by atoms with E-state index < -0.39 is 17.9 Å². The standard InChI is InChI=1S/C16H17ClN2O4/c1-10-5-6-11(17)8-12(10)19-16(21)15(20)18-9-14(22-2)13-4-3-7-23-13/h3-8,14H,9H2,1-2H3,(H,18,20)(H,19,21). The Kier molecular flexibility index (Phi) is 5.78. The van der Waals surface area contributed by atoms with Gasteiger partial charge in [0.25, 0.3) is 0 Å². The van der Waals surface area contributed by atoms with Gasteiger partial charge >= 0.3 is 11.8 Å². The van der Waals surface area contributed by atoms with Gasteiger partial charge < -0.3 is 19.8 Å². The molecule has 0 aliphatic carbocycles. The zero-order valence-corrected chi connectivity index (χ0v) is 13.5. The number of aryl methyl sites for hydroxylation is 1. The molecule has 6 nitrogen and oxygen atoms in total. The first-order valence-corrected chi connectivity index (χ1v) is 7.30. The van der Waals surface area contributed by atoms with Gasteiger partial charge in [0.1, 0.15) is 11.9 Å². The van der Waals surface area contributed by atoms with Crippen molar-refractivity contribution in [1.82, 2.24) is 5.32 Å². The quantitative estimate of drug-likeness (QED) is 0.823. The number of carbonyl (C=O) groups excluding carboxylic acids is 2. The zero-order valence-electron chi connectivity index (χ0n) is 12.8. The molecule has 122 valence electrons. The van der Waals surface area contributed by atoms with Crippen LogP contribution in [0.3, 0.4) is 0 Å². The van der Waals surface area contributed by atoms with Crippen LogP contribution in [0.2, 0.25) is 5.02 Å². The Labute approximate surface area is 138 Å². The van der Waals surface area contributed by atoms with Gasteiger partial charge in [-0.05, 0) is 36.8 Å². The molecule has 0 radical (unpaired) electrons. The Morgan fingerprint density at radius 3 is 2.74 bits per heavy atom. The van der Waals surface area contributed by atoms with Crippen molar-refractivity contribution in [2.45, 2.75) is 13.0 Å². The number of anilines is 1. The summed E-state index contributed by atoms with van der Waals surface area (Å²) in [5.74, 6) is -0.971. The molecule has 0 spiro atoms. The summed E-state index contributed by atoms with van der Waals surface area (Å²) in [6, 6.07) is 8.50. The number of carbonyl (C=O) groups is 2. The summed E-state index contributed by atoms with van der Waals surface area (Å²) < 4.78 is 10.4. The van der Waals surface area contributed by atoms with Crippen molar-refractivity contribution in [3.05, 3.63) is 52.9 Å². The molecule has 0 aliphatic rings. The SMILES string of the molecule is COC(CNC(=O)C(=O)Nc1cc(Cl)ccc1C)c1ccco1. The van der Waals surface area contributed by atoms with Crippen LogP contribution in [0.5, 0.6) is 0 Å². The number of amides is 2. The van der Waals surface area contributed by atoms with E-state index >= 15 is 0 Å². The van der Waals surface area contributed by atoms with Gasteiger partial charge in [-0.2, -0.15) is 0 Å². The molecule has 1 atom stereocenters. The minimum Gasteiger partial charge on any atom is -0.467 e. The summed E-state index contributed by atoms with van der Waals surface area (Å²) >= 11 is 5.88. The van der Waals surface area contributed by atoms with Crippen LogP contribution in [-0.2, 0) is 14.3 Å². The predicted octanol–water partition coefficient (Wildman–Crippen LogP) is 2.68. The molecular formula is C16H17ClN2O4. The lowest BCUT2D eigenvalue weighted by Gasteiger charge is -2.14. The number of methoxy groups -OCH3 is 1. The number of nitrogens with one attached hydrogen (secondary N) is 2. The Balaban J connectivity index is 1.92. The second-order valence-electron chi connectivity index (χ2n) is 4.86. The van der Waals surface area contributed by atoms with Crippen molar-refractivity contribution in [1.29, 1.82) is 0 Å². The summed E-state index contributed by atoms with van der Waals surface area (Å²) in [5, 5.41) is 5.51. The monoisotopic (exact) mass is 336 g/mol. The number of ether oxygens (including phenoxy) is 1. The van der Waals surface area contributed by atoms with E-state index in [9.17, 15) is 9.59 Å². The van der Waals surface area contributed by atoms with Crippen molar-refractivity contribution >= 4 is 29.1 Å². The van der Waals surface area contributed by atoms with E-state index in [-0.39, 0.29) is 6.54 Å². The fourth-order valence-electron chi connectivity index (χ4n) is 1.95. The van der Waals surface area contributed by atoms with Gasteiger partial charge in [-0.15, -0.1) is 0 Å². The molecule has 1 heterocycles. The molecule has 2 N–H and O–H groups in total. The van der Waals surface area contributed by atoms with Gasteiger partial charge in [-0.25, -0.2) is 0 Å². The Morgan fingerprint density at radius 1 is 1.30 bits per heavy atom. The van der Waals surface area contributed by atoms with Crippen molar-refractivity contribution < 1.29 is 18.7 Å². The Bertz CT molecular complexity index is 685. The smallest absolute Gasteiger partial charge is 0.313 e. The minimum absolute atomic E-state index is 0.116. The van der Waals surface area contributed by atoms with E-state index in [1.165, 1.54) is 13.4 Å². The number of rotatable bonds is 5. The highest BCUT2D eigenvalue weighted by Crippen LogP contribution is 2.20. The second kappa shape index (κ2) is 7.80. The molecule has 1 aromatic heterocycles. The van der Waals surface area contributed by atoms with Crippen LogP contribution in [-0.4, -0.2) is 25.5 Å². The third-order valence-corrected chi connectivity index (χ3v) is 3.48. The van der Waals surface area contributed by atoms with E-state index in [2.05, 4.69) is 10.6 Å². The molecule has 0 saturated carbocycles. The molecule has 0 fully saturated rings. The van der Waals surface area contributed by atoms with E-state index in [1.807, 2.05) is 6.92 Å². The zero-order chi connectivity index (χ0) is 16.8. The molecule has 0 aliphatic heterocycles. The van der Waals surface area contributed by atoms with Gasteiger partial charge in [0.15, 0.2) is 0 Å². The van der Waals surface area contributed by atoms with E-state index in [0.717, 1.165) is 5.56 Å². The molecule has 23 heavy (non-hydrogen) atoms. The van der Waals surface area contributed by atoms with Gasteiger partial charge in [0.2, 0.25) is 0 Å². The minimum atomic E-state index is -0.773. The summed E-state index contributed by atoms with van der Waals surface area (Å²) in [6.07, 6.45) is 1.05. The Morgan fingerprint density at radius 2 is 2.09 bits per heavy atom. The fourth-order valence-corrected chi connectivity index (χ4v) is 2.12. The van der Waals surface area contributed by atoms with E-state index in [0.29, 0.717) is 16.5 Å². The molecule has 1 aromatic carbocycles. The van der Waals surface area contributed by atoms with Crippen molar-refractivity contribution in [3.63, 3.8) is 0 Å². The van der Waals surface area contributed by atoms with Gasteiger partial charge in [0, 0.05) is 17.8 Å². The fraction of sp³-hybridized carbons (Fsp3) is 0.250. The van der Waals surface area contributed by atoms with Gasteiger partial charge in [0.05, 0.1) is 12.8 Å². The largest absolute Gasteiger partial charge is 0.467 e. The maximum Gasteiger partial charge on any atom is 0.313 e. The van der Waals surface area contributed by atoms with Gasteiger partial charge in [-0.1, -0.05) is 17.7 Å². The Hall–Kier alpha value is -2.31. The van der Waals surface area contributed by atoms with Crippen LogP contribution in [0.15, 0.2) is 41.0 Å². The maximum atomic E-state index is 11.9. The molecule has 0 saturated heterocycles. The van der Waals surface area contributed by atoms with E-state index in [1.54, 1.807) is 30.3 Å². The maximum absolute atomic E-state index is 11.9. The predicted molar refractivity (Wildman–Crippen MR) is 86.3 cm³/mol. The van der Waals surface area contributed by atoms with Crippen LogP contribution in [0.4, 0.5) is 5.69 Å². The third-order valence-electron chi connectivity index (χ3n) is 3.25. The van der Waals surface area contributed by atoms with Crippen molar-refractivity contribution in [3.8, 4) is 0 Å². The number of benzene rings is 1. The lowest BCUT2D eigenvalue weighted by molar-refractivity contribution is -0.136. The molecule has 2 aromatic rings. The van der Waals surface area contributed by atoms with Crippen LogP contribution in [0.1, 0.15) is 17.4 Å². The van der Waals surface area contributed by atoms with Crippen LogP contribution in [0, 0.1) is 6.92 Å². The summed E-state index contributed by atoms with van der Waals surface area (Å²) in [5.41, 5.74) is 1.30. The van der Waals surface area contributed by atoms with Crippen molar-refractivity contribution in [2.75, 3.05) is 19.0 Å². The first-order valence-electron chi connectivity index (χ1n) is 6.92. The summed E-state index contributed by atoms with van der Waals surface area (Å²) in [6.45, 7) is 1.92. The average molecular weight is 337 g/mol. The third kappa shape index (κ3) is 4.58. The highest BCUT2D eigenvalue weighted by Gasteiger charge is 2.19. The average Bonchev–Trinajstić information content (AvgIpc) is 3.05. The summed E-state index contributed by atoms with van der Waals surface area (Å²) in [4.78, 5) is 23.8. The number of furan rings is 1. The lowest BCUT2D eigenvalue weighted by Crippen LogP contribution is -2.38. The number of hydrogen-bond donors (Lipinski definition) is 2. The van der Waals surface area contributed by atoms with Crippen molar-refractivity contribution in [2.24, 2.45) is 0 Å². The molecule has 2 rings (SSSR count). The summed E-state index contributed by atoms with van der Waals surface area (Å²) in [7, 11) is 1.49.